The second-order valence-corrected chi connectivity index (χ2v) is 10.5. The molecule has 1 N–H and O–H groups in total. The quantitative estimate of drug-likeness (QED) is 0.591. The van der Waals surface area contributed by atoms with Crippen LogP contribution in [0.2, 0.25) is 0 Å². The predicted molar refractivity (Wildman–Crippen MR) is 121 cm³/mol. The first-order chi connectivity index (χ1) is 15.3. The highest BCUT2D eigenvalue weighted by Crippen LogP contribution is 2.49. The molecular formula is C24H40N2OS. The largest absolute Gasteiger partial charge is 0.472 e. The number of nitrogens with zero attached hydrogens (tertiary/aromatic N) is 1. The second kappa shape index (κ2) is 8.34. The van der Waals surface area contributed by atoms with Gasteiger partial charge in [-0.2, -0.15) is 12.6 Å². The molecule has 3 aliphatic heterocycles. The summed E-state index contributed by atoms with van der Waals surface area (Å²) in [5.74, 6) is 2.46. The number of hydrogen-bond acceptors (Lipinski definition) is 4. The van der Waals surface area contributed by atoms with Crippen LogP contribution >= 0.6 is 12.6 Å². The van der Waals surface area contributed by atoms with E-state index in [-0.39, 0.29) is 24.1 Å². The predicted octanol–water partition coefficient (Wildman–Crippen LogP) is 5.62. The summed E-state index contributed by atoms with van der Waals surface area (Å²) in [5.41, 5.74) is 1.24. The molecule has 0 spiro atoms. The number of thiol groups is 1. The van der Waals surface area contributed by atoms with Gasteiger partial charge in [-0.3, -0.25) is 4.99 Å². The lowest BCUT2D eigenvalue weighted by atomic mass is 9.73. The number of fused-ring (bicyclic) bond motifs is 3. The molecule has 0 aromatic carbocycles. The van der Waals surface area contributed by atoms with Crippen LogP contribution in [0.5, 0.6) is 0 Å². The Labute approximate surface area is 184 Å². The van der Waals surface area contributed by atoms with Crippen molar-refractivity contribution in [3.8, 4) is 0 Å². The van der Waals surface area contributed by atoms with E-state index in [0.29, 0.717) is 29.7 Å². The molecule has 158 valence electrons. The lowest BCUT2D eigenvalue weighted by Gasteiger charge is -2.39. The summed E-state index contributed by atoms with van der Waals surface area (Å²) in [6.07, 6.45) is 4.97. The Morgan fingerprint density at radius 1 is 1.29 bits per heavy atom. The number of aliphatic imine (C=N–C) groups is 1. The van der Waals surface area contributed by atoms with Gasteiger partial charge in [0.15, 0.2) is 6.23 Å². The fraction of sp³-hybridized carbons (Fsp3) is 0.875. The maximum Gasteiger partial charge on any atom is 0.192 e. The zero-order valence-electron chi connectivity index (χ0n) is 22.6. The van der Waals surface area contributed by atoms with Gasteiger partial charge in [-0.05, 0) is 93.3 Å². The molecule has 2 saturated heterocycles. The van der Waals surface area contributed by atoms with Gasteiger partial charge in [0.1, 0.15) is 5.76 Å². The van der Waals surface area contributed by atoms with Gasteiger partial charge in [0.05, 0.1) is 0 Å². The zero-order chi connectivity index (χ0) is 24.2. The summed E-state index contributed by atoms with van der Waals surface area (Å²) < 4.78 is 47.1. The molecule has 28 heavy (non-hydrogen) atoms. The number of allylic oxidation sites excluding steroid dienone is 1. The van der Waals surface area contributed by atoms with Gasteiger partial charge >= 0.3 is 0 Å². The maximum absolute atomic E-state index is 8.78. The van der Waals surface area contributed by atoms with E-state index in [4.69, 9.17) is 11.6 Å². The van der Waals surface area contributed by atoms with Crippen molar-refractivity contribution in [3.05, 3.63) is 11.3 Å². The van der Waals surface area contributed by atoms with Crippen LogP contribution in [0, 0.1) is 29.1 Å². The summed E-state index contributed by atoms with van der Waals surface area (Å²) in [7, 11) is 0. The fourth-order valence-electron chi connectivity index (χ4n) is 5.71. The smallest absolute Gasteiger partial charge is 0.192 e. The van der Waals surface area contributed by atoms with Crippen LogP contribution in [-0.4, -0.2) is 30.3 Å². The lowest BCUT2D eigenvalue weighted by molar-refractivity contribution is 0.126. The van der Waals surface area contributed by atoms with Gasteiger partial charge in [0.2, 0.25) is 0 Å². The second-order valence-electron chi connectivity index (χ2n) is 10.2. The van der Waals surface area contributed by atoms with Crippen LogP contribution in [0.3, 0.4) is 0 Å². The van der Waals surface area contributed by atoms with Crippen LogP contribution in [0.1, 0.15) is 85.8 Å². The van der Waals surface area contributed by atoms with Crippen molar-refractivity contribution in [1.82, 2.24) is 5.32 Å². The van der Waals surface area contributed by atoms with Crippen molar-refractivity contribution in [1.29, 1.82) is 0 Å². The van der Waals surface area contributed by atoms with E-state index in [2.05, 4.69) is 22.9 Å². The Kier molecular flexibility index (Phi) is 4.57. The number of nitrogens with one attached hydrogen (secondary N) is 1. The van der Waals surface area contributed by atoms with Gasteiger partial charge in [-0.15, -0.1) is 0 Å². The summed E-state index contributed by atoms with van der Waals surface area (Å²) >= 11 is 4.55. The van der Waals surface area contributed by atoms with Crippen molar-refractivity contribution >= 4 is 18.3 Å². The number of ether oxygens (including phenoxy) is 1. The highest BCUT2D eigenvalue weighted by atomic mass is 32.1. The molecule has 0 amide bonds. The molecule has 1 aliphatic carbocycles. The van der Waals surface area contributed by atoms with E-state index < -0.39 is 18.6 Å². The lowest BCUT2D eigenvalue weighted by Crippen LogP contribution is -2.44. The van der Waals surface area contributed by atoms with E-state index in [1.54, 1.807) is 0 Å². The minimum Gasteiger partial charge on any atom is -0.472 e. The fourth-order valence-corrected chi connectivity index (χ4v) is 6.10. The van der Waals surface area contributed by atoms with Gasteiger partial charge in [-0.25, -0.2) is 0 Å². The normalized spacial score (nSPS) is 40.6. The highest BCUT2D eigenvalue weighted by Gasteiger charge is 2.46. The van der Waals surface area contributed by atoms with Crippen LogP contribution in [0.25, 0.3) is 0 Å². The van der Waals surface area contributed by atoms with Crippen molar-refractivity contribution < 1.29 is 11.6 Å². The molecule has 3 heterocycles. The Bertz CT molecular complexity index is 796. The third-order valence-electron chi connectivity index (χ3n) is 7.00. The molecule has 4 rings (SSSR count). The van der Waals surface area contributed by atoms with E-state index in [1.165, 1.54) is 5.57 Å². The van der Waals surface area contributed by atoms with Crippen molar-refractivity contribution in [2.24, 2.45) is 34.1 Å². The molecule has 0 aromatic rings. The van der Waals surface area contributed by atoms with E-state index in [0.717, 1.165) is 50.8 Å². The number of rotatable bonds is 4. The van der Waals surface area contributed by atoms with Crippen molar-refractivity contribution in [3.63, 3.8) is 0 Å². The minimum absolute atomic E-state index is 0.0933. The minimum atomic E-state index is -2.12. The zero-order valence-corrected chi connectivity index (χ0v) is 18.5. The average molecular weight is 410 g/mol. The first-order valence-corrected chi connectivity index (χ1v) is 11.8. The molecule has 4 heteroatoms. The highest BCUT2D eigenvalue weighted by molar-refractivity contribution is 7.80. The van der Waals surface area contributed by atoms with Crippen LogP contribution in [0.15, 0.2) is 16.3 Å². The monoisotopic (exact) mass is 409 g/mol. The molecule has 0 bridgehead atoms. The average Bonchev–Trinajstić information content (AvgIpc) is 3.11. The molecule has 3 unspecified atom stereocenters. The Balaban J connectivity index is 1.48. The van der Waals surface area contributed by atoms with Crippen molar-refractivity contribution in [2.45, 2.75) is 91.2 Å². The van der Waals surface area contributed by atoms with Crippen LogP contribution in [-0.2, 0) is 4.74 Å². The first kappa shape index (κ1) is 15.3. The molecule has 0 saturated carbocycles. The SMILES string of the molecule is [2H]C([2H])([2H])C1=NC2OC3=C([C@H]4CC[C@@H]([C@H](CS)C([2H])([2H])C(C)(C)C)CN4)CCCC3C2CC1. The molecule has 4 aliphatic rings. The first-order valence-electron chi connectivity index (χ1n) is 13.7. The summed E-state index contributed by atoms with van der Waals surface area (Å²) in [6.45, 7) is 4.61. The van der Waals surface area contributed by atoms with E-state index in [1.807, 2.05) is 20.8 Å². The summed E-state index contributed by atoms with van der Waals surface area (Å²) in [5, 5.41) is 3.74. The third-order valence-corrected chi connectivity index (χ3v) is 7.39. The molecule has 0 radical (unpaired) electrons. The summed E-state index contributed by atoms with van der Waals surface area (Å²) in [4.78, 5) is 4.54. The molecule has 2 fully saturated rings. The molecular weight excluding hydrogens is 364 g/mol. The Morgan fingerprint density at radius 2 is 2.14 bits per heavy atom. The number of hydrogen-bond donors (Lipinski definition) is 2. The van der Waals surface area contributed by atoms with E-state index >= 15 is 0 Å². The van der Waals surface area contributed by atoms with Gasteiger partial charge in [0.25, 0.3) is 0 Å². The Morgan fingerprint density at radius 3 is 2.82 bits per heavy atom. The Hall–Kier alpha value is -0.480. The van der Waals surface area contributed by atoms with Gasteiger partial charge in [0, 0.05) is 30.4 Å². The molecule has 0 aromatic heterocycles. The van der Waals surface area contributed by atoms with Gasteiger partial charge in [-0.1, -0.05) is 20.8 Å². The maximum atomic E-state index is 8.78. The topological polar surface area (TPSA) is 33.6 Å². The molecule has 6 atom stereocenters. The number of piperidine rings is 1. The van der Waals surface area contributed by atoms with Crippen LogP contribution in [0.4, 0.5) is 0 Å². The van der Waals surface area contributed by atoms with Crippen LogP contribution < -0.4 is 5.32 Å². The molecule has 3 nitrogen and oxygen atoms in total. The standard InChI is InChI=1S/C24H40N2OS/c1-15-8-10-19-18-6-5-7-20(22(18)27-23(19)26-15)21-11-9-16(13-25-21)17(14-28)12-24(2,3)4/h16-19,21,23,25,28H,5-14H2,1-4H3/t16-,17+,18?,19?,21-,23?/m1/s1/i1D3,12D2. The third kappa shape index (κ3) is 4.33. The van der Waals surface area contributed by atoms with Gasteiger partial charge < -0.3 is 10.1 Å². The van der Waals surface area contributed by atoms with Crippen molar-refractivity contribution in [2.75, 3.05) is 12.3 Å². The summed E-state index contributed by atoms with van der Waals surface area (Å²) in [6, 6.07) is 0.256. The van der Waals surface area contributed by atoms with E-state index in [9.17, 15) is 0 Å².